The van der Waals surface area contributed by atoms with E-state index in [0.29, 0.717) is 12.6 Å². The number of hydrogen-bond acceptors (Lipinski definition) is 4. The van der Waals surface area contributed by atoms with Gasteiger partial charge in [-0.1, -0.05) is 11.6 Å². The number of nitrogens with zero attached hydrogens (tertiary/aromatic N) is 3. The van der Waals surface area contributed by atoms with Crippen molar-refractivity contribution in [2.45, 2.75) is 51.3 Å². The van der Waals surface area contributed by atoms with Gasteiger partial charge in [-0.25, -0.2) is 0 Å². The van der Waals surface area contributed by atoms with Crippen LogP contribution < -0.4 is 5.32 Å². The van der Waals surface area contributed by atoms with Crippen molar-refractivity contribution in [2.24, 2.45) is 0 Å². The molecule has 28 heavy (non-hydrogen) atoms. The van der Waals surface area contributed by atoms with E-state index in [1.54, 1.807) is 5.56 Å². The van der Waals surface area contributed by atoms with Crippen molar-refractivity contribution in [3.05, 3.63) is 35.0 Å². The fourth-order valence-corrected chi connectivity index (χ4v) is 5.13. The Labute approximate surface area is 169 Å². The van der Waals surface area contributed by atoms with Crippen molar-refractivity contribution < 1.29 is 5.11 Å². The predicted octanol–water partition coefficient (Wildman–Crippen LogP) is 2.54. The molecule has 5 heteroatoms. The molecule has 0 bridgehead atoms. The number of aromatic nitrogens is 1. The molecule has 1 aliphatic heterocycles. The molecule has 0 radical (unpaired) electrons. The molecule has 0 unspecified atom stereocenters. The van der Waals surface area contributed by atoms with Gasteiger partial charge in [0, 0.05) is 42.8 Å². The third-order valence-electron chi connectivity index (χ3n) is 6.42. The molecule has 0 amide bonds. The lowest BCUT2D eigenvalue weighted by Crippen LogP contribution is -2.45. The summed E-state index contributed by atoms with van der Waals surface area (Å²) in [5.41, 5.74) is 5.85. The van der Waals surface area contributed by atoms with Gasteiger partial charge in [0.05, 0.1) is 12.1 Å². The molecule has 2 N–H and O–H groups in total. The van der Waals surface area contributed by atoms with Crippen LogP contribution in [-0.4, -0.2) is 72.4 Å². The Balaban J connectivity index is 1.43. The van der Waals surface area contributed by atoms with E-state index >= 15 is 0 Å². The van der Waals surface area contributed by atoms with E-state index < -0.39 is 0 Å². The summed E-state index contributed by atoms with van der Waals surface area (Å²) in [5.74, 6) is 0. The van der Waals surface area contributed by atoms with Crippen molar-refractivity contribution >= 4 is 10.9 Å². The largest absolute Gasteiger partial charge is 0.390 e. The Morgan fingerprint density at radius 3 is 2.96 bits per heavy atom. The molecular formula is C23H36N4O. The fraction of sp³-hybridized carbons (Fsp3) is 0.652. The second-order valence-electron chi connectivity index (χ2n) is 8.95. The quantitative estimate of drug-likeness (QED) is 0.687. The first-order valence-corrected chi connectivity index (χ1v) is 10.9. The number of aliphatic hydroxyl groups is 1. The van der Waals surface area contributed by atoms with E-state index in [2.05, 4.69) is 58.9 Å². The third-order valence-corrected chi connectivity index (χ3v) is 6.42. The molecule has 0 fully saturated rings. The minimum atomic E-state index is -0.303. The number of fused-ring (bicyclic) bond motifs is 3. The minimum Gasteiger partial charge on any atom is -0.390 e. The van der Waals surface area contributed by atoms with Crippen LogP contribution in [0.25, 0.3) is 10.9 Å². The van der Waals surface area contributed by atoms with Gasteiger partial charge in [0.15, 0.2) is 0 Å². The van der Waals surface area contributed by atoms with Gasteiger partial charge in [0.2, 0.25) is 0 Å². The van der Waals surface area contributed by atoms with Crippen LogP contribution in [0.15, 0.2) is 18.2 Å². The zero-order chi connectivity index (χ0) is 19.7. The highest BCUT2D eigenvalue weighted by atomic mass is 16.3. The summed E-state index contributed by atoms with van der Waals surface area (Å²) in [6.07, 6.45) is 4.48. The topological polar surface area (TPSA) is 43.7 Å². The van der Waals surface area contributed by atoms with Crippen LogP contribution in [0.3, 0.4) is 0 Å². The molecule has 2 aromatic rings. The minimum absolute atomic E-state index is 0.303. The molecule has 1 aromatic carbocycles. The first kappa shape index (κ1) is 19.9. The third kappa shape index (κ3) is 3.99. The van der Waals surface area contributed by atoms with Gasteiger partial charge in [0.25, 0.3) is 0 Å². The molecular weight excluding hydrogens is 348 g/mol. The molecule has 154 valence electrons. The van der Waals surface area contributed by atoms with Gasteiger partial charge in [-0.15, -0.1) is 0 Å². The van der Waals surface area contributed by atoms with E-state index in [1.807, 2.05) is 0 Å². The second kappa shape index (κ2) is 8.54. The Bertz CT molecular complexity index is 813. The van der Waals surface area contributed by atoms with E-state index in [-0.39, 0.29) is 6.10 Å². The Kier molecular flexibility index (Phi) is 6.07. The molecule has 0 spiro atoms. The predicted molar refractivity (Wildman–Crippen MR) is 116 cm³/mol. The van der Waals surface area contributed by atoms with Crippen molar-refractivity contribution in [2.75, 3.05) is 46.8 Å². The summed E-state index contributed by atoms with van der Waals surface area (Å²) < 4.78 is 2.57. The summed E-state index contributed by atoms with van der Waals surface area (Å²) in [4.78, 5) is 4.74. The number of nitrogens with one attached hydrogen (secondary N) is 1. The zero-order valence-electron chi connectivity index (χ0n) is 17.7. The average molecular weight is 385 g/mol. The maximum atomic E-state index is 10.6. The summed E-state index contributed by atoms with van der Waals surface area (Å²) in [6.45, 7) is 7.77. The number of rotatable bonds is 8. The Morgan fingerprint density at radius 2 is 2.14 bits per heavy atom. The summed E-state index contributed by atoms with van der Waals surface area (Å²) in [5, 5.41) is 15.5. The number of aryl methyl sites for hydroxylation is 2. The highest BCUT2D eigenvalue weighted by molar-refractivity contribution is 5.87. The van der Waals surface area contributed by atoms with Crippen molar-refractivity contribution in [3.8, 4) is 0 Å². The molecule has 1 aliphatic carbocycles. The molecule has 4 rings (SSSR count). The average Bonchev–Trinajstić information content (AvgIpc) is 2.98. The van der Waals surface area contributed by atoms with Crippen LogP contribution in [0.1, 0.15) is 42.1 Å². The molecule has 0 saturated heterocycles. The summed E-state index contributed by atoms with van der Waals surface area (Å²) >= 11 is 0. The Morgan fingerprint density at radius 1 is 1.29 bits per heavy atom. The van der Waals surface area contributed by atoms with Crippen molar-refractivity contribution in [1.82, 2.24) is 19.7 Å². The number of hydrogen-bond donors (Lipinski definition) is 2. The number of β-amino-alcohol motifs (C(OH)–C–C–N with tert-alkyl or cyclic N) is 1. The van der Waals surface area contributed by atoms with Crippen LogP contribution >= 0.6 is 0 Å². The van der Waals surface area contributed by atoms with E-state index in [4.69, 9.17) is 0 Å². The lowest BCUT2D eigenvalue weighted by Gasteiger charge is -2.40. The lowest BCUT2D eigenvalue weighted by atomic mass is 9.89. The van der Waals surface area contributed by atoms with Crippen LogP contribution in [-0.2, 0) is 13.0 Å². The van der Waals surface area contributed by atoms with Gasteiger partial charge >= 0.3 is 0 Å². The Hall–Kier alpha value is -1.40. The fourth-order valence-electron chi connectivity index (χ4n) is 5.13. The summed E-state index contributed by atoms with van der Waals surface area (Å²) in [7, 11) is 4.20. The number of benzene rings is 1. The maximum absolute atomic E-state index is 10.6. The molecule has 0 saturated carbocycles. The van der Waals surface area contributed by atoms with Crippen molar-refractivity contribution in [3.63, 3.8) is 0 Å². The van der Waals surface area contributed by atoms with Crippen LogP contribution in [0.5, 0.6) is 0 Å². The highest BCUT2D eigenvalue weighted by Crippen LogP contribution is 2.42. The molecule has 5 nitrogen and oxygen atoms in total. The van der Waals surface area contributed by atoms with E-state index in [9.17, 15) is 5.11 Å². The molecule has 2 heterocycles. The smallest absolute Gasteiger partial charge is 0.0791 e. The SMILES string of the molecule is Cc1ccc2c(c1)c1c3n2CCN(C[C@H](O)CNCCCN(C)C)[C@H]3CCC1. The van der Waals surface area contributed by atoms with Gasteiger partial charge in [0.1, 0.15) is 0 Å². The molecule has 1 aromatic heterocycles. The first-order chi connectivity index (χ1) is 13.5. The van der Waals surface area contributed by atoms with Crippen LogP contribution in [0, 0.1) is 6.92 Å². The normalized spacial score (nSPS) is 20.7. The first-order valence-electron chi connectivity index (χ1n) is 10.9. The van der Waals surface area contributed by atoms with Crippen LogP contribution in [0.4, 0.5) is 0 Å². The molecule has 2 aliphatic rings. The standard InChI is InChI=1S/C23H36N4O/c1-17-8-9-21-20(14-17)19-6-4-7-22-23(19)27(21)13-12-26(22)16-18(28)15-24-10-5-11-25(2)3/h8-9,14,18,22,24,28H,4-7,10-13,15-16H2,1-3H3/t18-,22+/m1/s1. The summed E-state index contributed by atoms with van der Waals surface area (Å²) in [6, 6.07) is 7.38. The number of aliphatic hydroxyl groups excluding tert-OH is 1. The second-order valence-corrected chi connectivity index (χ2v) is 8.95. The van der Waals surface area contributed by atoms with Gasteiger partial charge in [-0.05, 0) is 77.5 Å². The van der Waals surface area contributed by atoms with Crippen LogP contribution in [0.2, 0.25) is 0 Å². The zero-order valence-corrected chi connectivity index (χ0v) is 17.7. The van der Waals surface area contributed by atoms with E-state index in [1.165, 1.54) is 41.4 Å². The highest BCUT2D eigenvalue weighted by Gasteiger charge is 2.35. The monoisotopic (exact) mass is 384 g/mol. The molecule has 2 atom stereocenters. The van der Waals surface area contributed by atoms with Crippen molar-refractivity contribution in [1.29, 1.82) is 0 Å². The van der Waals surface area contributed by atoms with E-state index in [0.717, 1.165) is 39.1 Å². The van der Waals surface area contributed by atoms with Gasteiger partial charge in [-0.3, -0.25) is 4.90 Å². The van der Waals surface area contributed by atoms with Gasteiger partial charge in [-0.2, -0.15) is 0 Å². The maximum Gasteiger partial charge on any atom is 0.0791 e. The van der Waals surface area contributed by atoms with Gasteiger partial charge < -0.3 is 19.9 Å². The lowest BCUT2D eigenvalue weighted by molar-refractivity contribution is 0.0641.